The lowest BCUT2D eigenvalue weighted by Gasteiger charge is -2.09. The Hall–Kier alpha value is -2.04. The number of pyridine rings is 1. The number of aryl methyl sites for hydroxylation is 2. The van der Waals surface area contributed by atoms with Gasteiger partial charge in [-0.25, -0.2) is 4.68 Å². The number of anilines is 1. The van der Waals surface area contributed by atoms with Gasteiger partial charge in [-0.1, -0.05) is 13.8 Å². The summed E-state index contributed by atoms with van der Waals surface area (Å²) in [5.74, 6) is 1.17. The van der Waals surface area contributed by atoms with Gasteiger partial charge in [0.05, 0.1) is 18.5 Å². The second-order valence-electron chi connectivity index (χ2n) is 4.01. The normalized spacial score (nSPS) is 10.6. The zero-order valence-corrected chi connectivity index (χ0v) is 11.0. The van der Waals surface area contributed by atoms with E-state index in [0.29, 0.717) is 17.4 Å². The number of rotatable bonds is 4. The van der Waals surface area contributed by atoms with Crippen molar-refractivity contribution in [1.29, 1.82) is 0 Å². The van der Waals surface area contributed by atoms with Crippen LogP contribution in [0.25, 0.3) is 5.82 Å². The van der Waals surface area contributed by atoms with E-state index in [9.17, 15) is 0 Å². The molecular formula is C13H18N4O. The lowest BCUT2D eigenvalue weighted by Crippen LogP contribution is -2.08. The minimum Gasteiger partial charge on any atom is -0.481 e. The molecule has 0 fully saturated rings. The second kappa shape index (κ2) is 5.08. The predicted octanol–water partition coefficient (Wildman–Crippen LogP) is 1.98. The number of ether oxygens (including phenoxy) is 1. The van der Waals surface area contributed by atoms with Crippen LogP contribution >= 0.6 is 0 Å². The number of methoxy groups -OCH3 is 1. The first-order chi connectivity index (χ1) is 8.69. The monoisotopic (exact) mass is 246 g/mol. The average molecular weight is 246 g/mol. The molecule has 0 aliphatic carbocycles. The summed E-state index contributed by atoms with van der Waals surface area (Å²) in [5, 5.41) is 4.52. The zero-order valence-electron chi connectivity index (χ0n) is 11.0. The van der Waals surface area contributed by atoms with E-state index in [4.69, 9.17) is 10.5 Å². The van der Waals surface area contributed by atoms with Crippen LogP contribution in [0.2, 0.25) is 0 Å². The molecule has 0 atom stereocenters. The van der Waals surface area contributed by atoms with E-state index in [1.165, 1.54) is 0 Å². The van der Waals surface area contributed by atoms with Crippen LogP contribution in [0.15, 0.2) is 18.2 Å². The third kappa shape index (κ3) is 2.16. The minimum atomic E-state index is 0.537. The summed E-state index contributed by atoms with van der Waals surface area (Å²) in [5.41, 5.74) is 8.70. The van der Waals surface area contributed by atoms with Crippen molar-refractivity contribution in [3.8, 4) is 11.7 Å². The molecule has 0 aliphatic rings. The van der Waals surface area contributed by atoms with E-state index < -0.39 is 0 Å². The van der Waals surface area contributed by atoms with Crippen LogP contribution in [0.3, 0.4) is 0 Å². The fraction of sp³-hybridized carbons (Fsp3) is 0.385. The lowest BCUT2D eigenvalue weighted by molar-refractivity contribution is 0.397. The molecule has 2 aromatic rings. The Morgan fingerprint density at radius 3 is 2.67 bits per heavy atom. The van der Waals surface area contributed by atoms with Crippen molar-refractivity contribution in [3.63, 3.8) is 0 Å². The van der Waals surface area contributed by atoms with E-state index in [0.717, 1.165) is 24.2 Å². The van der Waals surface area contributed by atoms with Gasteiger partial charge in [0.1, 0.15) is 0 Å². The van der Waals surface area contributed by atoms with Crippen molar-refractivity contribution in [1.82, 2.24) is 14.8 Å². The van der Waals surface area contributed by atoms with E-state index in [2.05, 4.69) is 30.0 Å². The molecule has 5 heteroatoms. The quantitative estimate of drug-likeness (QED) is 0.895. The molecule has 0 unspecified atom stereocenters. The van der Waals surface area contributed by atoms with Crippen molar-refractivity contribution < 1.29 is 4.74 Å². The van der Waals surface area contributed by atoms with Crippen molar-refractivity contribution in [3.05, 3.63) is 29.6 Å². The zero-order chi connectivity index (χ0) is 13.1. The van der Waals surface area contributed by atoms with Crippen LogP contribution in [0.4, 0.5) is 5.69 Å². The Labute approximate surface area is 107 Å². The number of nitrogens with zero attached hydrogens (tertiary/aromatic N) is 3. The van der Waals surface area contributed by atoms with Crippen molar-refractivity contribution in [2.75, 3.05) is 12.8 Å². The number of nitrogens with two attached hydrogens (primary N) is 1. The summed E-state index contributed by atoms with van der Waals surface area (Å²) in [4.78, 5) is 4.37. The van der Waals surface area contributed by atoms with E-state index >= 15 is 0 Å². The summed E-state index contributed by atoms with van der Waals surface area (Å²) < 4.78 is 6.93. The first-order valence-corrected chi connectivity index (χ1v) is 6.08. The van der Waals surface area contributed by atoms with Crippen LogP contribution < -0.4 is 10.5 Å². The molecule has 0 aliphatic heterocycles. The van der Waals surface area contributed by atoms with E-state index in [1.807, 2.05) is 0 Å². The fourth-order valence-electron chi connectivity index (χ4n) is 1.81. The molecule has 2 heterocycles. The number of nitrogen functional groups attached to an aromatic ring is 1. The maximum atomic E-state index is 5.97. The Morgan fingerprint density at radius 1 is 1.28 bits per heavy atom. The molecule has 5 nitrogen and oxygen atoms in total. The van der Waals surface area contributed by atoms with Gasteiger partial charge in [-0.15, -0.1) is 0 Å². The third-order valence-electron chi connectivity index (χ3n) is 2.85. The highest BCUT2D eigenvalue weighted by Crippen LogP contribution is 2.21. The smallest absolute Gasteiger partial charge is 0.215 e. The largest absolute Gasteiger partial charge is 0.481 e. The second-order valence-corrected chi connectivity index (χ2v) is 4.01. The van der Waals surface area contributed by atoms with Gasteiger partial charge in [-0.2, -0.15) is 10.1 Å². The molecule has 0 saturated carbocycles. The Morgan fingerprint density at radius 2 is 2.06 bits per heavy atom. The van der Waals surface area contributed by atoms with Gasteiger partial charge in [0.15, 0.2) is 5.82 Å². The Kier molecular flexibility index (Phi) is 3.50. The SMILES string of the molecule is CCc1cc(CC)n(-c2nc(OC)ccc2N)n1. The van der Waals surface area contributed by atoms with Crippen LogP contribution in [0.1, 0.15) is 25.2 Å². The first kappa shape index (κ1) is 12.4. The summed E-state index contributed by atoms with van der Waals surface area (Å²) >= 11 is 0. The maximum absolute atomic E-state index is 5.97. The molecule has 0 spiro atoms. The third-order valence-corrected chi connectivity index (χ3v) is 2.85. The van der Waals surface area contributed by atoms with E-state index in [1.54, 1.807) is 23.9 Å². The van der Waals surface area contributed by atoms with Crippen molar-refractivity contribution in [2.45, 2.75) is 26.7 Å². The molecule has 0 saturated heterocycles. The molecule has 2 N–H and O–H groups in total. The minimum absolute atomic E-state index is 0.537. The van der Waals surface area contributed by atoms with Crippen LogP contribution in [-0.2, 0) is 12.8 Å². The molecule has 0 amide bonds. The molecule has 2 aromatic heterocycles. The van der Waals surface area contributed by atoms with Gasteiger partial charge >= 0.3 is 0 Å². The Balaban J connectivity index is 2.56. The predicted molar refractivity (Wildman–Crippen MR) is 71.1 cm³/mol. The fourth-order valence-corrected chi connectivity index (χ4v) is 1.81. The molecule has 0 bridgehead atoms. The number of hydrogen-bond acceptors (Lipinski definition) is 4. The van der Waals surface area contributed by atoms with Gasteiger partial charge in [0, 0.05) is 11.8 Å². The van der Waals surface area contributed by atoms with Crippen molar-refractivity contribution >= 4 is 5.69 Å². The van der Waals surface area contributed by atoms with Crippen molar-refractivity contribution in [2.24, 2.45) is 0 Å². The van der Waals surface area contributed by atoms with Crippen LogP contribution in [0, 0.1) is 0 Å². The highest BCUT2D eigenvalue weighted by molar-refractivity contribution is 5.54. The maximum Gasteiger partial charge on any atom is 0.215 e. The van der Waals surface area contributed by atoms with Gasteiger partial charge in [-0.3, -0.25) is 0 Å². The summed E-state index contributed by atoms with van der Waals surface area (Å²) in [7, 11) is 1.59. The Bertz CT molecular complexity index is 548. The number of aromatic nitrogens is 3. The summed E-state index contributed by atoms with van der Waals surface area (Å²) in [6.07, 6.45) is 1.77. The van der Waals surface area contributed by atoms with Gasteiger partial charge < -0.3 is 10.5 Å². The molecule has 2 rings (SSSR count). The molecular weight excluding hydrogens is 228 g/mol. The van der Waals surface area contributed by atoms with E-state index in [-0.39, 0.29) is 0 Å². The van der Waals surface area contributed by atoms with Crippen LogP contribution in [0.5, 0.6) is 5.88 Å². The molecule has 96 valence electrons. The summed E-state index contributed by atoms with van der Waals surface area (Å²) in [6.45, 7) is 4.16. The topological polar surface area (TPSA) is 66.0 Å². The van der Waals surface area contributed by atoms with Gasteiger partial charge in [0.2, 0.25) is 5.88 Å². The lowest BCUT2D eigenvalue weighted by atomic mass is 10.2. The number of hydrogen-bond donors (Lipinski definition) is 1. The standard InChI is InChI=1S/C13H18N4O/c1-4-9-8-10(5-2)17(16-9)13-11(14)6-7-12(15-13)18-3/h6-8H,4-5,14H2,1-3H3. The average Bonchev–Trinajstić information content (AvgIpc) is 2.82. The highest BCUT2D eigenvalue weighted by Gasteiger charge is 2.12. The molecule has 0 radical (unpaired) electrons. The molecule has 0 aromatic carbocycles. The molecule has 18 heavy (non-hydrogen) atoms. The highest BCUT2D eigenvalue weighted by atomic mass is 16.5. The van der Waals surface area contributed by atoms with Gasteiger partial charge in [0.25, 0.3) is 0 Å². The first-order valence-electron chi connectivity index (χ1n) is 6.08. The van der Waals surface area contributed by atoms with Crippen LogP contribution in [-0.4, -0.2) is 21.9 Å². The summed E-state index contributed by atoms with van der Waals surface area (Å²) in [6, 6.07) is 5.61. The van der Waals surface area contributed by atoms with Gasteiger partial charge in [-0.05, 0) is 25.0 Å².